The molecule has 6 heteroatoms. The lowest BCUT2D eigenvalue weighted by Crippen LogP contribution is -2.20. The molecule has 2 rings (SSSR count). The van der Waals surface area contributed by atoms with E-state index in [0.29, 0.717) is 32.2 Å². The molecule has 0 bridgehead atoms. The van der Waals surface area contributed by atoms with Crippen molar-refractivity contribution in [1.29, 1.82) is 0 Å². The zero-order chi connectivity index (χ0) is 16.1. The molecule has 22 heavy (non-hydrogen) atoms. The number of amides is 1. The molecule has 0 heterocycles. The summed E-state index contributed by atoms with van der Waals surface area (Å²) in [6, 6.07) is 10.3. The highest BCUT2D eigenvalue weighted by Crippen LogP contribution is 2.25. The molecular weight excluding hydrogens is 364 g/mol. The van der Waals surface area contributed by atoms with Crippen molar-refractivity contribution in [3.05, 3.63) is 73.7 Å². The lowest BCUT2D eigenvalue weighted by atomic mass is 10.2. The molecule has 0 atom stereocenters. The number of halogens is 4. The van der Waals surface area contributed by atoms with Crippen molar-refractivity contribution in [3.8, 4) is 0 Å². The van der Waals surface area contributed by atoms with E-state index in [1.54, 1.807) is 42.5 Å². The molecule has 114 valence electrons. The molecule has 0 saturated carbocycles. The summed E-state index contributed by atoms with van der Waals surface area (Å²) in [5.74, 6) is -0.262. The quantitative estimate of drug-likeness (QED) is 0.690. The van der Waals surface area contributed by atoms with Gasteiger partial charge >= 0.3 is 0 Å². The van der Waals surface area contributed by atoms with Gasteiger partial charge in [0, 0.05) is 28.2 Å². The van der Waals surface area contributed by atoms with E-state index >= 15 is 0 Å². The van der Waals surface area contributed by atoms with E-state index in [1.807, 2.05) is 0 Å². The average molecular weight is 375 g/mol. The van der Waals surface area contributed by atoms with Crippen molar-refractivity contribution in [2.75, 3.05) is 0 Å². The predicted octanol–water partition coefficient (Wildman–Crippen LogP) is 5.63. The highest BCUT2D eigenvalue weighted by molar-refractivity contribution is 6.42. The van der Waals surface area contributed by atoms with Crippen LogP contribution in [0.5, 0.6) is 0 Å². The van der Waals surface area contributed by atoms with Crippen LogP contribution in [0.15, 0.2) is 42.5 Å². The van der Waals surface area contributed by atoms with Gasteiger partial charge in [-0.1, -0.05) is 58.5 Å². The Morgan fingerprint density at radius 3 is 2.27 bits per heavy atom. The molecule has 1 N–H and O–H groups in total. The van der Waals surface area contributed by atoms with Gasteiger partial charge in [-0.2, -0.15) is 0 Å². The van der Waals surface area contributed by atoms with Gasteiger partial charge in [0.15, 0.2) is 0 Å². The fourth-order valence-electron chi connectivity index (χ4n) is 1.73. The lowest BCUT2D eigenvalue weighted by molar-refractivity contribution is -0.116. The molecule has 0 aromatic heterocycles. The summed E-state index contributed by atoms with van der Waals surface area (Å²) in [6.45, 7) is 0.344. The summed E-state index contributed by atoms with van der Waals surface area (Å²) >= 11 is 23.8. The van der Waals surface area contributed by atoms with E-state index in [4.69, 9.17) is 46.4 Å². The molecule has 0 aliphatic heterocycles. The highest BCUT2D eigenvalue weighted by atomic mass is 35.5. The summed E-state index contributed by atoms with van der Waals surface area (Å²) in [7, 11) is 0. The Bertz CT molecular complexity index is 708. The van der Waals surface area contributed by atoms with Gasteiger partial charge in [-0.3, -0.25) is 4.79 Å². The number of hydrogen-bond donors (Lipinski definition) is 1. The standard InChI is InChI=1S/C16H11Cl4NO/c17-12-2-1-3-13(18)11(12)5-7-16(22)21-9-10-4-6-14(19)15(20)8-10/h1-8H,9H2,(H,21,22)/b7-5+. The minimum atomic E-state index is -0.262. The molecule has 0 saturated heterocycles. The number of hydrogen-bond acceptors (Lipinski definition) is 1. The van der Waals surface area contributed by atoms with Crippen LogP contribution in [-0.4, -0.2) is 5.91 Å². The number of carbonyl (C=O) groups is 1. The van der Waals surface area contributed by atoms with Gasteiger partial charge in [0.2, 0.25) is 5.91 Å². The molecule has 1 amide bonds. The summed E-state index contributed by atoms with van der Waals surface area (Å²) in [4.78, 5) is 11.8. The Morgan fingerprint density at radius 1 is 0.955 bits per heavy atom. The first-order valence-electron chi connectivity index (χ1n) is 6.31. The smallest absolute Gasteiger partial charge is 0.244 e. The second-order valence-electron chi connectivity index (χ2n) is 4.43. The molecule has 0 spiro atoms. The Kier molecular flexibility index (Phi) is 6.16. The van der Waals surface area contributed by atoms with E-state index in [-0.39, 0.29) is 5.91 Å². The fourth-order valence-corrected chi connectivity index (χ4v) is 2.57. The summed E-state index contributed by atoms with van der Waals surface area (Å²) in [5.41, 5.74) is 1.46. The molecule has 2 nitrogen and oxygen atoms in total. The number of rotatable bonds is 4. The molecule has 0 aliphatic rings. The van der Waals surface area contributed by atoms with Crippen LogP contribution in [0.4, 0.5) is 0 Å². The van der Waals surface area contributed by atoms with Gasteiger partial charge < -0.3 is 5.32 Å². The highest BCUT2D eigenvalue weighted by Gasteiger charge is 2.04. The van der Waals surface area contributed by atoms with Gasteiger partial charge in [0.05, 0.1) is 10.0 Å². The lowest BCUT2D eigenvalue weighted by Gasteiger charge is -2.04. The molecule has 0 radical (unpaired) electrons. The summed E-state index contributed by atoms with van der Waals surface area (Å²) in [6.07, 6.45) is 2.96. The van der Waals surface area contributed by atoms with Crippen LogP contribution >= 0.6 is 46.4 Å². The van der Waals surface area contributed by atoms with Crippen LogP contribution in [0.1, 0.15) is 11.1 Å². The van der Waals surface area contributed by atoms with Crippen LogP contribution < -0.4 is 5.32 Å². The predicted molar refractivity (Wildman–Crippen MR) is 93.8 cm³/mol. The van der Waals surface area contributed by atoms with E-state index in [1.165, 1.54) is 6.08 Å². The van der Waals surface area contributed by atoms with Crippen LogP contribution in [0, 0.1) is 0 Å². The normalized spacial score (nSPS) is 10.9. The molecule has 2 aromatic rings. The minimum absolute atomic E-state index is 0.262. The van der Waals surface area contributed by atoms with Crippen molar-refractivity contribution in [2.45, 2.75) is 6.54 Å². The van der Waals surface area contributed by atoms with Crippen LogP contribution in [0.2, 0.25) is 20.1 Å². The average Bonchev–Trinajstić information content (AvgIpc) is 2.48. The topological polar surface area (TPSA) is 29.1 Å². The van der Waals surface area contributed by atoms with E-state index in [9.17, 15) is 4.79 Å². The van der Waals surface area contributed by atoms with Gasteiger partial charge in [-0.25, -0.2) is 0 Å². The Balaban J connectivity index is 1.98. The van der Waals surface area contributed by atoms with Crippen molar-refractivity contribution in [3.63, 3.8) is 0 Å². The summed E-state index contributed by atoms with van der Waals surface area (Å²) < 4.78 is 0. The number of carbonyl (C=O) groups excluding carboxylic acids is 1. The van der Waals surface area contributed by atoms with Crippen LogP contribution in [0.25, 0.3) is 6.08 Å². The maximum atomic E-state index is 11.8. The maximum Gasteiger partial charge on any atom is 0.244 e. The van der Waals surface area contributed by atoms with E-state index in [0.717, 1.165) is 5.56 Å². The van der Waals surface area contributed by atoms with E-state index < -0.39 is 0 Å². The van der Waals surface area contributed by atoms with Gasteiger partial charge in [-0.15, -0.1) is 0 Å². The van der Waals surface area contributed by atoms with Gasteiger partial charge in [0.25, 0.3) is 0 Å². The zero-order valence-corrected chi connectivity index (χ0v) is 14.3. The monoisotopic (exact) mass is 373 g/mol. The third kappa shape index (κ3) is 4.65. The van der Waals surface area contributed by atoms with Crippen LogP contribution in [-0.2, 0) is 11.3 Å². The minimum Gasteiger partial charge on any atom is -0.348 e. The second kappa shape index (κ2) is 7.89. The largest absolute Gasteiger partial charge is 0.348 e. The number of nitrogens with one attached hydrogen (secondary N) is 1. The first-order valence-corrected chi connectivity index (χ1v) is 7.82. The Hall–Kier alpha value is -1.19. The molecule has 2 aromatic carbocycles. The van der Waals surface area contributed by atoms with Gasteiger partial charge in [-0.05, 0) is 35.9 Å². The third-order valence-corrected chi connectivity index (χ3v) is 4.25. The Labute approximate surface area is 148 Å². The second-order valence-corrected chi connectivity index (χ2v) is 6.06. The third-order valence-electron chi connectivity index (χ3n) is 2.85. The number of benzene rings is 2. The first kappa shape index (κ1) is 17.2. The molecule has 0 fully saturated rings. The van der Waals surface area contributed by atoms with Gasteiger partial charge in [0.1, 0.15) is 0 Å². The maximum absolute atomic E-state index is 11.8. The molecule has 0 unspecified atom stereocenters. The van der Waals surface area contributed by atoms with Crippen molar-refractivity contribution < 1.29 is 4.79 Å². The van der Waals surface area contributed by atoms with Crippen LogP contribution in [0.3, 0.4) is 0 Å². The molecular formula is C16H11Cl4NO. The van der Waals surface area contributed by atoms with Crippen molar-refractivity contribution in [2.24, 2.45) is 0 Å². The zero-order valence-electron chi connectivity index (χ0n) is 11.2. The first-order chi connectivity index (χ1) is 10.5. The Morgan fingerprint density at radius 2 is 1.64 bits per heavy atom. The summed E-state index contributed by atoms with van der Waals surface area (Å²) in [5, 5.41) is 4.64. The van der Waals surface area contributed by atoms with Crippen molar-refractivity contribution in [1.82, 2.24) is 5.32 Å². The van der Waals surface area contributed by atoms with Crippen molar-refractivity contribution >= 4 is 58.4 Å². The van der Waals surface area contributed by atoms with E-state index in [2.05, 4.69) is 5.32 Å². The SMILES string of the molecule is O=C(/C=C/c1c(Cl)cccc1Cl)NCc1ccc(Cl)c(Cl)c1. The fraction of sp³-hybridized carbons (Fsp3) is 0.0625. The molecule has 0 aliphatic carbocycles.